The molecule has 0 spiro atoms. The third-order valence-electron chi connectivity index (χ3n) is 6.85. The van der Waals surface area contributed by atoms with E-state index in [1.54, 1.807) is 7.11 Å². The summed E-state index contributed by atoms with van der Waals surface area (Å²) in [5, 5.41) is 7.15. The fourth-order valence-corrected chi connectivity index (χ4v) is 4.84. The van der Waals surface area contributed by atoms with Crippen molar-refractivity contribution in [2.24, 2.45) is 10.9 Å². The first-order valence-electron chi connectivity index (χ1n) is 12.4. The van der Waals surface area contributed by atoms with Crippen LogP contribution in [-0.2, 0) is 0 Å². The van der Waals surface area contributed by atoms with Crippen molar-refractivity contribution in [3.63, 3.8) is 0 Å². The van der Waals surface area contributed by atoms with Crippen LogP contribution in [0, 0.1) is 5.92 Å². The number of methoxy groups -OCH3 is 1. The first-order valence-corrected chi connectivity index (χ1v) is 12.4. The Balaban J connectivity index is 0.00000385. The first kappa shape index (κ1) is 28.1. The van der Waals surface area contributed by atoms with E-state index < -0.39 is 0 Å². The molecule has 2 atom stereocenters. The fraction of sp³-hybridized carbons (Fsp3) is 0.720. The van der Waals surface area contributed by atoms with Crippen LogP contribution in [0.1, 0.15) is 38.3 Å². The summed E-state index contributed by atoms with van der Waals surface area (Å²) >= 11 is 0. The van der Waals surface area contributed by atoms with Crippen LogP contribution in [0.4, 0.5) is 0 Å². The van der Waals surface area contributed by atoms with Gasteiger partial charge < -0.3 is 25.2 Å². The van der Waals surface area contributed by atoms with Crippen molar-refractivity contribution in [1.82, 2.24) is 25.3 Å². The van der Waals surface area contributed by atoms with Gasteiger partial charge in [0.1, 0.15) is 5.75 Å². The molecule has 2 N–H and O–H groups in total. The molecule has 0 bridgehead atoms. The van der Waals surface area contributed by atoms with Crippen LogP contribution in [0.2, 0.25) is 0 Å². The molecule has 2 aliphatic heterocycles. The number of ether oxygens (including phenoxy) is 1. The fourth-order valence-electron chi connectivity index (χ4n) is 4.84. The zero-order chi connectivity index (χ0) is 22.8. The lowest BCUT2D eigenvalue weighted by atomic mass is 10.1. The predicted octanol–water partition coefficient (Wildman–Crippen LogP) is 2.89. The van der Waals surface area contributed by atoms with Crippen LogP contribution < -0.4 is 15.4 Å². The van der Waals surface area contributed by atoms with E-state index in [0.717, 1.165) is 44.4 Å². The summed E-state index contributed by atoms with van der Waals surface area (Å²) in [6.45, 7) is 15.7. The maximum Gasteiger partial charge on any atom is 0.191 e. The quantitative estimate of drug-likeness (QED) is 0.256. The minimum absolute atomic E-state index is 0. The Morgan fingerprint density at radius 1 is 1.03 bits per heavy atom. The van der Waals surface area contributed by atoms with E-state index in [-0.39, 0.29) is 24.0 Å². The smallest absolute Gasteiger partial charge is 0.191 e. The van der Waals surface area contributed by atoms with Crippen LogP contribution >= 0.6 is 24.0 Å². The lowest BCUT2D eigenvalue weighted by molar-refractivity contribution is 0.124. The number of rotatable bonds is 10. The number of hydrogen-bond donors (Lipinski definition) is 2. The number of guanidine groups is 1. The number of halogens is 1. The average molecular weight is 573 g/mol. The topological polar surface area (TPSA) is 55.4 Å². The summed E-state index contributed by atoms with van der Waals surface area (Å²) in [7, 11) is 3.60. The molecule has 3 rings (SSSR count). The summed E-state index contributed by atoms with van der Waals surface area (Å²) in [5.74, 6) is 2.39. The molecule has 2 heterocycles. The highest BCUT2D eigenvalue weighted by molar-refractivity contribution is 14.0. The summed E-state index contributed by atoms with van der Waals surface area (Å²) < 4.78 is 5.47. The molecule has 0 aliphatic carbocycles. The Kier molecular flexibility index (Phi) is 12.8. The number of benzene rings is 1. The maximum atomic E-state index is 5.47. The van der Waals surface area contributed by atoms with E-state index in [9.17, 15) is 0 Å². The van der Waals surface area contributed by atoms with Gasteiger partial charge in [-0.1, -0.05) is 26.0 Å². The van der Waals surface area contributed by atoms with Gasteiger partial charge in [-0.25, -0.2) is 0 Å². The molecular weight excluding hydrogens is 527 g/mol. The van der Waals surface area contributed by atoms with Crippen molar-refractivity contribution in [2.45, 2.75) is 32.7 Å². The zero-order valence-corrected chi connectivity index (χ0v) is 23.4. The Morgan fingerprint density at radius 3 is 2.33 bits per heavy atom. The highest BCUT2D eigenvalue weighted by atomic mass is 127. The second kappa shape index (κ2) is 15.0. The number of aliphatic imine (C=N–C) groups is 1. The summed E-state index contributed by atoms with van der Waals surface area (Å²) in [6.07, 6.45) is 2.55. The van der Waals surface area contributed by atoms with Gasteiger partial charge >= 0.3 is 0 Å². The van der Waals surface area contributed by atoms with Gasteiger partial charge in [0.2, 0.25) is 0 Å². The molecule has 7 nitrogen and oxygen atoms in total. The summed E-state index contributed by atoms with van der Waals surface area (Å²) in [4.78, 5) is 12.2. The van der Waals surface area contributed by atoms with Crippen LogP contribution in [0.3, 0.4) is 0 Å². The van der Waals surface area contributed by atoms with E-state index in [4.69, 9.17) is 4.74 Å². The van der Waals surface area contributed by atoms with Crippen LogP contribution in [0.5, 0.6) is 5.75 Å². The summed E-state index contributed by atoms with van der Waals surface area (Å²) in [6, 6.07) is 8.80. The predicted molar refractivity (Wildman–Crippen MR) is 149 cm³/mol. The van der Waals surface area contributed by atoms with Crippen molar-refractivity contribution in [1.29, 1.82) is 0 Å². The average Bonchev–Trinajstić information content (AvgIpc) is 3.36. The lowest BCUT2D eigenvalue weighted by Gasteiger charge is -2.35. The molecule has 0 aromatic heterocycles. The third kappa shape index (κ3) is 8.88. The molecule has 188 valence electrons. The van der Waals surface area contributed by atoms with E-state index >= 15 is 0 Å². The molecule has 2 fully saturated rings. The van der Waals surface area contributed by atoms with Crippen molar-refractivity contribution < 1.29 is 4.74 Å². The van der Waals surface area contributed by atoms with Crippen molar-refractivity contribution in [3.8, 4) is 5.75 Å². The molecule has 1 aromatic rings. The Bertz CT molecular complexity index is 704. The molecule has 2 aliphatic rings. The minimum Gasteiger partial charge on any atom is -0.497 e. The van der Waals surface area contributed by atoms with Crippen LogP contribution in [0.15, 0.2) is 29.3 Å². The SMILES string of the molecule is CCN1CCN(CC(C)CNC(=NC)NCC(c2cccc(OC)c2)N2CCCC2)CC1.I. The molecule has 0 amide bonds. The van der Waals surface area contributed by atoms with Crippen molar-refractivity contribution in [3.05, 3.63) is 29.8 Å². The van der Waals surface area contributed by atoms with Gasteiger partial charge in [-0.3, -0.25) is 9.89 Å². The number of likely N-dealkylation sites (N-methyl/N-ethyl adjacent to an activating group) is 1. The highest BCUT2D eigenvalue weighted by Crippen LogP contribution is 2.27. The number of likely N-dealkylation sites (tertiary alicyclic amines) is 1. The van der Waals surface area contributed by atoms with E-state index in [2.05, 4.69) is 62.4 Å². The molecule has 8 heteroatoms. The summed E-state index contributed by atoms with van der Waals surface area (Å²) in [5.41, 5.74) is 1.30. The number of piperazine rings is 1. The van der Waals surface area contributed by atoms with Gasteiger partial charge in [0.25, 0.3) is 0 Å². The lowest BCUT2D eigenvalue weighted by Crippen LogP contribution is -2.49. The van der Waals surface area contributed by atoms with Crippen LogP contribution in [0.25, 0.3) is 0 Å². The monoisotopic (exact) mass is 572 g/mol. The van der Waals surface area contributed by atoms with Gasteiger partial charge in [0.15, 0.2) is 5.96 Å². The molecule has 33 heavy (non-hydrogen) atoms. The molecular formula is C25H45IN6O. The second-order valence-corrected chi connectivity index (χ2v) is 9.21. The molecule has 1 aromatic carbocycles. The van der Waals surface area contributed by atoms with Gasteiger partial charge in [0.05, 0.1) is 13.2 Å². The largest absolute Gasteiger partial charge is 0.497 e. The number of hydrogen-bond acceptors (Lipinski definition) is 5. The van der Waals surface area contributed by atoms with E-state index in [1.807, 2.05) is 13.1 Å². The highest BCUT2D eigenvalue weighted by Gasteiger charge is 2.24. The van der Waals surface area contributed by atoms with E-state index in [0.29, 0.717) is 12.0 Å². The van der Waals surface area contributed by atoms with Crippen molar-refractivity contribution in [2.75, 3.05) is 79.6 Å². The van der Waals surface area contributed by atoms with Gasteiger partial charge in [-0.15, -0.1) is 24.0 Å². The van der Waals surface area contributed by atoms with Crippen molar-refractivity contribution >= 4 is 29.9 Å². The molecule has 0 radical (unpaired) electrons. The third-order valence-corrected chi connectivity index (χ3v) is 6.85. The molecule has 0 saturated carbocycles. The molecule has 2 saturated heterocycles. The van der Waals surface area contributed by atoms with E-state index in [1.165, 1.54) is 51.1 Å². The Hall–Kier alpha value is -1.10. The number of nitrogens with zero attached hydrogens (tertiary/aromatic N) is 4. The first-order chi connectivity index (χ1) is 15.6. The van der Waals surface area contributed by atoms with Gasteiger partial charge in [-0.05, 0) is 56.1 Å². The Labute approximate surface area is 218 Å². The van der Waals surface area contributed by atoms with Gasteiger partial charge in [-0.2, -0.15) is 0 Å². The van der Waals surface area contributed by atoms with Gasteiger partial charge in [0, 0.05) is 52.9 Å². The number of nitrogens with one attached hydrogen (secondary N) is 2. The maximum absolute atomic E-state index is 5.47. The molecule has 2 unspecified atom stereocenters. The Morgan fingerprint density at radius 2 is 1.70 bits per heavy atom. The minimum atomic E-state index is 0. The second-order valence-electron chi connectivity index (χ2n) is 9.21. The van der Waals surface area contributed by atoms with Crippen LogP contribution in [-0.4, -0.2) is 100 Å². The zero-order valence-electron chi connectivity index (χ0n) is 21.1. The standard InChI is InChI=1S/C25H44N6O.HI/c1-5-29-13-15-30(16-14-29)20-21(2)18-27-25(26-3)28-19-24(31-11-6-7-12-31)22-9-8-10-23(17-22)32-4;/h8-10,17,21,24H,5-7,11-16,18-20H2,1-4H3,(H2,26,27,28);1H. The normalized spacial score (nSPS) is 20.2.